The van der Waals surface area contributed by atoms with Crippen LogP contribution in [-0.4, -0.2) is 33.6 Å². The molecule has 6 nitrogen and oxygen atoms in total. The lowest BCUT2D eigenvalue weighted by Crippen LogP contribution is -2.41. The van der Waals surface area contributed by atoms with Crippen LogP contribution in [0, 0.1) is 0 Å². The Balaban J connectivity index is 1.66. The first kappa shape index (κ1) is 20.1. The molecule has 1 aliphatic heterocycles. The number of carbonyl (C=O) groups excluding carboxylic acids is 1. The maximum atomic E-state index is 14.8. The van der Waals surface area contributed by atoms with E-state index in [1.54, 1.807) is 18.4 Å². The molecule has 144 valence electrons. The van der Waals surface area contributed by atoms with Crippen molar-refractivity contribution in [3.8, 4) is 0 Å². The predicted octanol–water partition coefficient (Wildman–Crippen LogP) is 4.27. The molecule has 0 atom stereocenters. The third-order valence-corrected chi connectivity index (χ3v) is 6.11. The molecular weight excluding hydrogens is 388 g/mol. The monoisotopic (exact) mass is 409 g/mol. The van der Waals surface area contributed by atoms with E-state index in [-0.39, 0.29) is 12.3 Å². The lowest BCUT2D eigenvalue weighted by Gasteiger charge is -2.32. The summed E-state index contributed by atoms with van der Waals surface area (Å²) in [5.74, 6) is 0.194. The van der Waals surface area contributed by atoms with Crippen LogP contribution < -0.4 is 5.32 Å². The minimum absolute atomic E-state index is 0.209. The Labute approximate surface area is 166 Å². The highest BCUT2D eigenvalue weighted by Crippen LogP contribution is 2.39. The van der Waals surface area contributed by atoms with Gasteiger partial charge in [-0.2, -0.15) is 15.7 Å². The van der Waals surface area contributed by atoms with Crippen molar-refractivity contribution in [2.75, 3.05) is 5.32 Å². The van der Waals surface area contributed by atoms with Gasteiger partial charge in [0, 0.05) is 23.3 Å². The average molecular weight is 409 g/mol. The SMILES string of the molecule is CC(Cc1nsc(NC(=O)c2ccsc2)n1)=C(F)B1OC(C)(C)C(C)(C)O1. The van der Waals surface area contributed by atoms with Crippen LogP contribution in [0.15, 0.2) is 28.1 Å². The highest BCUT2D eigenvalue weighted by molar-refractivity contribution is 7.10. The van der Waals surface area contributed by atoms with E-state index >= 15 is 0 Å². The van der Waals surface area contributed by atoms with Crippen LogP contribution in [0.3, 0.4) is 0 Å². The Bertz CT molecular complexity index is 849. The molecule has 0 radical (unpaired) electrons. The van der Waals surface area contributed by atoms with E-state index < -0.39 is 24.0 Å². The van der Waals surface area contributed by atoms with Gasteiger partial charge in [-0.05, 0) is 51.6 Å². The van der Waals surface area contributed by atoms with Gasteiger partial charge in [0.15, 0.2) is 0 Å². The van der Waals surface area contributed by atoms with E-state index in [2.05, 4.69) is 14.7 Å². The molecule has 0 bridgehead atoms. The second-order valence-corrected chi connectivity index (χ2v) is 8.91. The van der Waals surface area contributed by atoms with E-state index in [1.165, 1.54) is 11.3 Å². The number of amides is 1. The predicted molar refractivity (Wildman–Crippen MR) is 106 cm³/mol. The van der Waals surface area contributed by atoms with Crippen molar-refractivity contribution < 1.29 is 18.5 Å². The van der Waals surface area contributed by atoms with Crippen molar-refractivity contribution in [3.63, 3.8) is 0 Å². The number of thiophene rings is 1. The maximum absolute atomic E-state index is 14.8. The van der Waals surface area contributed by atoms with Gasteiger partial charge in [0.2, 0.25) is 5.13 Å². The van der Waals surface area contributed by atoms with Crippen molar-refractivity contribution in [3.05, 3.63) is 39.5 Å². The van der Waals surface area contributed by atoms with Crippen molar-refractivity contribution in [1.82, 2.24) is 9.36 Å². The standard InChI is InChI=1S/C17H21BFN3O3S2/c1-10(13(19)18-24-16(2,3)17(4,5)25-18)8-12-20-15(27-22-12)21-14(23)11-6-7-26-9-11/h6-7,9H,8H2,1-5H3,(H,20,21,22,23). The number of allylic oxidation sites excluding steroid dienone is 1. The van der Waals surface area contributed by atoms with Gasteiger partial charge in [-0.25, -0.2) is 9.37 Å². The topological polar surface area (TPSA) is 73.3 Å². The van der Waals surface area contributed by atoms with Crippen LogP contribution in [-0.2, 0) is 15.7 Å². The summed E-state index contributed by atoms with van der Waals surface area (Å²) in [6, 6.07) is 1.73. The molecule has 3 heterocycles. The zero-order valence-corrected chi connectivity index (χ0v) is 17.5. The van der Waals surface area contributed by atoms with E-state index in [1.807, 2.05) is 33.1 Å². The summed E-state index contributed by atoms with van der Waals surface area (Å²) >= 11 is 2.51. The number of hydrogen-bond acceptors (Lipinski definition) is 7. The lowest BCUT2D eigenvalue weighted by atomic mass is 9.84. The fourth-order valence-corrected chi connectivity index (χ4v) is 3.63. The largest absolute Gasteiger partial charge is 0.525 e. The zero-order chi connectivity index (χ0) is 19.8. The first-order chi connectivity index (χ1) is 12.6. The summed E-state index contributed by atoms with van der Waals surface area (Å²) in [5, 5.41) is 6.66. The Hall–Kier alpha value is -1.62. The normalized spacial score (nSPS) is 19.1. The Morgan fingerprint density at radius 2 is 1.96 bits per heavy atom. The molecule has 0 unspecified atom stereocenters. The molecule has 27 heavy (non-hydrogen) atoms. The summed E-state index contributed by atoms with van der Waals surface area (Å²) in [4.78, 5) is 16.3. The highest BCUT2D eigenvalue weighted by atomic mass is 32.1. The maximum Gasteiger partial charge on any atom is 0.525 e. The number of nitrogens with zero attached hydrogens (tertiary/aromatic N) is 2. The average Bonchev–Trinajstić information content (AvgIpc) is 3.28. The van der Waals surface area contributed by atoms with Crippen LogP contribution in [0.2, 0.25) is 0 Å². The van der Waals surface area contributed by atoms with Gasteiger partial charge in [0.1, 0.15) is 11.6 Å². The number of nitrogens with one attached hydrogen (secondary N) is 1. The summed E-state index contributed by atoms with van der Waals surface area (Å²) in [6.07, 6.45) is 0.209. The second-order valence-electron chi connectivity index (χ2n) is 7.38. The number of anilines is 1. The number of aromatic nitrogens is 2. The molecule has 0 saturated carbocycles. The zero-order valence-electron chi connectivity index (χ0n) is 15.8. The number of hydrogen-bond donors (Lipinski definition) is 1. The van der Waals surface area contributed by atoms with Gasteiger partial charge in [-0.1, -0.05) is 0 Å². The van der Waals surface area contributed by atoms with Gasteiger partial charge in [0.25, 0.3) is 5.91 Å². The van der Waals surface area contributed by atoms with Crippen molar-refractivity contribution in [2.45, 2.75) is 52.2 Å². The quantitative estimate of drug-likeness (QED) is 0.747. The molecule has 1 aliphatic rings. The molecule has 1 amide bonds. The van der Waals surface area contributed by atoms with Crippen molar-refractivity contribution in [2.24, 2.45) is 0 Å². The first-order valence-electron chi connectivity index (χ1n) is 8.46. The molecule has 0 aromatic carbocycles. The smallest absolute Gasteiger partial charge is 0.398 e. The van der Waals surface area contributed by atoms with Gasteiger partial charge in [-0.3, -0.25) is 10.1 Å². The van der Waals surface area contributed by atoms with Crippen LogP contribution >= 0.6 is 22.9 Å². The van der Waals surface area contributed by atoms with Crippen molar-refractivity contribution in [1.29, 1.82) is 0 Å². The number of rotatable bonds is 5. The third-order valence-electron chi connectivity index (χ3n) is 4.76. The van der Waals surface area contributed by atoms with E-state index in [0.717, 1.165) is 11.5 Å². The number of halogens is 1. The fraction of sp³-hybridized carbons (Fsp3) is 0.471. The molecule has 0 aliphatic carbocycles. The molecule has 3 rings (SSSR count). The molecule has 2 aromatic rings. The minimum Gasteiger partial charge on any atom is -0.398 e. The molecule has 10 heteroatoms. The molecule has 0 spiro atoms. The van der Waals surface area contributed by atoms with Gasteiger partial charge in [-0.15, -0.1) is 0 Å². The first-order valence-corrected chi connectivity index (χ1v) is 10.2. The van der Waals surface area contributed by atoms with Crippen LogP contribution in [0.5, 0.6) is 0 Å². The highest BCUT2D eigenvalue weighted by Gasteiger charge is 2.53. The third kappa shape index (κ3) is 4.29. The summed E-state index contributed by atoms with van der Waals surface area (Å²) in [6.45, 7) is 9.16. The number of carbonyl (C=O) groups is 1. The summed E-state index contributed by atoms with van der Waals surface area (Å²) in [5.41, 5.74) is -0.672. The lowest BCUT2D eigenvalue weighted by molar-refractivity contribution is 0.00578. The Morgan fingerprint density at radius 1 is 1.30 bits per heavy atom. The molecule has 1 N–H and O–H groups in total. The van der Waals surface area contributed by atoms with Crippen molar-refractivity contribution >= 4 is 41.0 Å². The Morgan fingerprint density at radius 3 is 2.56 bits per heavy atom. The van der Waals surface area contributed by atoms with E-state index in [9.17, 15) is 9.18 Å². The molecule has 1 saturated heterocycles. The van der Waals surface area contributed by atoms with Crippen LogP contribution in [0.4, 0.5) is 9.52 Å². The van der Waals surface area contributed by atoms with Crippen LogP contribution in [0.1, 0.15) is 50.8 Å². The van der Waals surface area contributed by atoms with Gasteiger partial charge >= 0.3 is 7.12 Å². The summed E-state index contributed by atoms with van der Waals surface area (Å²) in [7, 11) is -1.04. The van der Waals surface area contributed by atoms with Gasteiger partial charge < -0.3 is 9.31 Å². The second kappa shape index (κ2) is 7.42. The molecule has 1 fully saturated rings. The molecule has 2 aromatic heterocycles. The van der Waals surface area contributed by atoms with Gasteiger partial charge in [0.05, 0.1) is 16.8 Å². The van der Waals surface area contributed by atoms with E-state index in [4.69, 9.17) is 9.31 Å². The summed E-state index contributed by atoms with van der Waals surface area (Å²) < 4.78 is 30.4. The Kier molecular flexibility index (Phi) is 5.53. The van der Waals surface area contributed by atoms with Crippen LogP contribution in [0.25, 0.3) is 0 Å². The fourth-order valence-electron chi connectivity index (χ4n) is 2.41. The molecular formula is C17H21BFN3O3S2. The van der Waals surface area contributed by atoms with E-state index in [0.29, 0.717) is 22.1 Å². The minimum atomic E-state index is -1.04.